The lowest BCUT2D eigenvalue weighted by Gasteiger charge is -2.42. The predicted molar refractivity (Wildman–Crippen MR) is 105 cm³/mol. The zero-order valence-electron chi connectivity index (χ0n) is 17.3. The minimum absolute atomic E-state index is 0.301. The molecule has 0 bridgehead atoms. The predicted octanol–water partition coefficient (Wildman–Crippen LogP) is 3.32. The average Bonchev–Trinajstić information content (AvgIpc) is 3.09. The van der Waals surface area contributed by atoms with E-state index in [1.165, 1.54) is 31.4 Å². The van der Waals surface area contributed by atoms with E-state index in [9.17, 15) is 4.79 Å². The van der Waals surface area contributed by atoms with Crippen molar-refractivity contribution in [2.75, 3.05) is 32.7 Å². The smallest absolute Gasteiger partial charge is 0.222 e. The molecule has 0 aromatic carbocycles. The number of likely N-dealkylation sites (tertiary alicyclic amines) is 2. The van der Waals surface area contributed by atoms with Gasteiger partial charge in [-0.15, -0.1) is 0 Å². The Kier molecular flexibility index (Phi) is 5.48. The number of aryl methyl sites for hydroxylation is 2. The third-order valence-corrected chi connectivity index (χ3v) is 6.16. The van der Waals surface area contributed by atoms with Gasteiger partial charge in [0.25, 0.3) is 0 Å². The lowest BCUT2D eigenvalue weighted by molar-refractivity contribution is -0.130. The Bertz CT molecular complexity index is 645. The van der Waals surface area contributed by atoms with Crippen molar-refractivity contribution in [1.82, 2.24) is 20.0 Å². The molecule has 26 heavy (non-hydrogen) atoms. The molecule has 2 aliphatic heterocycles. The molecule has 2 saturated heterocycles. The molecule has 1 amide bonds. The molecule has 1 atom stereocenters. The van der Waals surface area contributed by atoms with Crippen molar-refractivity contribution in [3.05, 3.63) is 17.0 Å². The van der Waals surface area contributed by atoms with Gasteiger partial charge in [0, 0.05) is 50.1 Å². The summed E-state index contributed by atoms with van der Waals surface area (Å²) in [6, 6.07) is 0. The van der Waals surface area contributed by atoms with Crippen molar-refractivity contribution in [3.63, 3.8) is 0 Å². The molecule has 0 saturated carbocycles. The van der Waals surface area contributed by atoms with E-state index in [0.717, 1.165) is 44.0 Å². The van der Waals surface area contributed by atoms with E-state index >= 15 is 0 Å². The molecule has 5 nitrogen and oxygen atoms in total. The van der Waals surface area contributed by atoms with Gasteiger partial charge in [-0.3, -0.25) is 9.89 Å². The van der Waals surface area contributed by atoms with Crippen LogP contribution in [0.4, 0.5) is 0 Å². The number of rotatable bonds is 4. The number of carbonyl (C=O) groups is 1. The van der Waals surface area contributed by atoms with Crippen molar-refractivity contribution in [1.29, 1.82) is 0 Å². The van der Waals surface area contributed by atoms with E-state index in [0.29, 0.717) is 23.2 Å². The quantitative estimate of drug-likeness (QED) is 0.896. The standard InChI is InChI=1S/C21H36N4O/c1-16-17(2)22-23-18(16)7-8-19(26)25-12-10-21(15-25)9-6-11-24(14-21)13-20(3,4)5/h6-15H2,1-5H3,(H,22,23). The van der Waals surface area contributed by atoms with Gasteiger partial charge in [0.2, 0.25) is 5.91 Å². The number of aromatic nitrogens is 2. The summed E-state index contributed by atoms with van der Waals surface area (Å²) in [6.45, 7) is 16.5. The number of nitrogens with zero attached hydrogens (tertiary/aromatic N) is 3. The lowest BCUT2D eigenvalue weighted by atomic mass is 9.78. The minimum Gasteiger partial charge on any atom is -0.342 e. The van der Waals surface area contributed by atoms with Gasteiger partial charge in [-0.1, -0.05) is 20.8 Å². The Labute approximate surface area is 158 Å². The molecule has 2 fully saturated rings. The van der Waals surface area contributed by atoms with Gasteiger partial charge in [-0.2, -0.15) is 5.10 Å². The first-order chi connectivity index (χ1) is 12.2. The van der Waals surface area contributed by atoms with Crippen LogP contribution in [-0.4, -0.2) is 58.6 Å². The maximum Gasteiger partial charge on any atom is 0.222 e. The molecule has 1 unspecified atom stereocenters. The summed E-state index contributed by atoms with van der Waals surface area (Å²) < 4.78 is 0. The van der Waals surface area contributed by atoms with E-state index in [4.69, 9.17) is 0 Å². The van der Waals surface area contributed by atoms with Gasteiger partial charge in [-0.25, -0.2) is 0 Å². The number of aromatic amines is 1. The molecule has 1 aromatic heterocycles. The topological polar surface area (TPSA) is 52.2 Å². The molecule has 0 radical (unpaired) electrons. The summed E-state index contributed by atoms with van der Waals surface area (Å²) in [4.78, 5) is 17.5. The minimum atomic E-state index is 0.301. The summed E-state index contributed by atoms with van der Waals surface area (Å²) >= 11 is 0. The average molecular weight is 361 g/mol. The Hall–Kier alpha value is -1.36. The van der Waals surface area contributed by atoms with Crippen molar-refractivity contribution in [3.8, 4) is 0 Å². The van der Waals surface area contributed by atoms with Crippen LogP contribution in [0.2, 0.25) is 0 Å². The number of carbonyl (C=O) groups excluding carboxylic acids is 1. The SMILES string of the molecule is Cc1[nH]nc(CCC(=O)N2CCC3(CCCN(CC(C)(C)C)C3)C2)c1C. The van der Waals surface area contributed by atoms with E-state index in [1.807, 2.05) is 6.92 Å². The summed E-state index contributed by atoms with van der Waals surface area (Å²) in [5.74, 6) is 0.301. The summed E-state index contributed by atoms with van der Waals surface area (Å²) in [5.41, 5.74) is 4.01. The molecular formula is C21H36N4O. The van der Waals surface area contributed by atoms with Crippen molar-refractivity contribution >= 4 is 5.91 Å². The van der Waals surface area contributed by atoms with Crippen LogP contribution in [0.15, 0.2) is 0 Å². The van der Waals surface area contributed by atoms with Gasteiger partial charge in [0.15, 0.2) is 0 Å². The first-order valence-electron chi connectivity index (χ1n) is 10.2. The van der Waals surface area contributed by atoms with Gasteiger partial charge in [0.1, 0.15) is 0 Å². The highest BCUT2D eigenvalue weighted by Gasteiger charge is 2.42. The van der Waals surface area contributed by atoms with Crippen LogP contribution in [0.25, 0.3) is 0 Å². The molecule has 1 aromatic rings. The maximum atomic E-state index is 12.7. The van der Waals surface area contributed by atoms with Gasteiger partial charge in [-0.05, 0) is 50.6 Å². The van der Waals surface area contributed by atoms with Crippen LogP contribution in [0.1, 0.15) is 63.4 Å². The summed E-state index contributed by atoms with van der Waals surface area (Å²) in [5, 5.41) is 7.36. The lowest BCUT2D eigenvalue weighted by Crippen LogP contribution is -2.47. The van der Waals surface area contributed by atoms with Gasteiger partial charge in [0.05, 0.1) is 5.69 Å². The molecular weight excluding hydrogens is 324 g/mol. The van der Waals surface area contributed by atoms with E-state index in [1.54, 1.807) is 0 Å². The molecule has 1 N–H and O–H groups in total. The molecule has 0 aliphatic carbocycles. The van der Waals surface area contributed by atoms with Gasteiger partial charge < -0.3 is 9.80 Å². The zero-order valence-corrected chi connectivity index (χ0v) is 17.3. The van der Waals surface area contributed by atoms with Crippen LogP contribution in [0.3, 0.4) is 0 Å². The van der Waals surface area contributed by atoms with E-state index in [2.05, 4.69) is 47.7 Å². The molecule has 3 heterocycles. The second-order valence-corrected chi connectivity index (χ2v) is 9.86. The second kappa shape index (κ2) is 7.34. The maximum absolute atomic E-state index is 12.7. The highest BCUT2D eigenvalue weighted by Crippen LogP contribution is 2.39. The first kappa shape index (κ1) is 19.4. The normalized spacial score (nSPS) is 24.6. The van der Waals surface area contributed by atoms with E-state index < -0.39 is 0 Å². The number of amides is 1. The van der Waals surface area contributed by atoms with Crippen LogP contribution in [0, 0.1) is 24.7 Å². The Balaban J connectivity index is 1.54. The fraction of sp³-hybridized carbons (Fsp3) is 0.810. The van der Waals surface area contributed by atoms with Crippen LogP contribution in [0.5, 0.6) is 0 Å². The second-order valence-electron chi connectivity index (χ2n) is 9.86. The van der Waals surface area contributed by atoms with E-state index in [-0.39, 0.29) is 0 Å². The summed E-state index contributed by atoms with van der Waals surface area (Å²) in [7, 11) is 0. The number of hydrogen-bond acceptors (Lipinski definition) is 3. The number of nitrogens with one attached hydrogen (secondary N) is 1. The molecule has 2 aliphatic rings. The highest BCUT2D eigenvalue weighted by atomic mass is 16.2. The monoisotopic (exact) mass is 360 g/mol. The molecule has 3 rings (SSSR count). The van der Waals surface area contributed by atoms with Crippen molar-refractivity contribution in [2.24, 2.45) is 10.8 Å². The van der Waals surface area contributed by atoms with Crippen LogP contribution < -0.4 is 0 Å². The Morgan fingerprint density at radius 2 is 1.96 bits per heavy atom. The highest BCUT2D eigenvalue weighted by molar-refractivity contribution is 5.76. The molecule has 5 heteroatoms. The number of piperidine rings is 1. The third-order valence-electron chi connectivity index (χ3n) is 6.16. The fourth-order valence-electron chi connectivity index (χ4n) is 4.76. The largest absolute Gasteiger partial charge is 0.342 e. The first-order valence-corrected chi connectivity index (χ1v) is 10.2. The third kappa shape index (κ3) is 4.48. The fourth-order valence-corrected chi connectivity index (χ4v) is 4.76. The Morgan fingerprint density at radius 1 is 1.19 bits per heavy atom. The molecule has 146 valence electrons. The zero-order chi connectivity index (χ0) is 18.9. The van der Waals surface area contributed by atoms with Crippen molar-refractivity contribution in [2.45, 2.75) is 66.7 Å². The van der Waals surface area contributed by atoms with Crippen molar-refractivity contribution < 1.29 is 4.79 Å². The van der Waals surface area contributed by atoms with Gasteiger partial charge >= 0.3 is 0 Å². The Morgan fingerprint density at radius 3 is 2.62 bits per heavy atom. The van der Waals surface area contributed by atoms with Crippen LogP contribution >= 0.6 is 0 Å². The summed E-state index contributed by atoms with van der Waals surface area (Å²) in [6.07, 6.45) is 5.03. The number of hydrogen-bond donors (Lipinski definition) is 1. The molecule has 1 spiro atoms. The number of H-pyrrole nitrogens is 1. The van der Waals surface area contributed by atoms with Crippen LogP contribution in [-0.2, 0) is 11.2 Å².